The molecule has 0 N–H and O–H groups in total. The average molecular weight is 241 g/mol. The number of fused-ring (bicyclic) bond motifs is 1. The number of aromatic nitrogens is 1. The Balaban J connectivity index is 3.00. The highest BCUT2D eigenvalue weighted by atomic mass is 32.1. The fraction of sp³-hybridized carbons (Fsp3) is 0. The molecule has 2 rings (SSSR count). The van der Waals surface area contributed by atoms with Crippen LogP contribution in [0, 0.1) is 20.2 Å². The van der Waals surface area contributed by atoms with Gasteiger partial charge in [-0.1, -0.05) is 17.4 Å². The van der Waals surface area contributed by atoms with Crippen molar-refractivity contribution >= 4 is 27.2 Å². The number of hydrogen-bond acceptors (Lipinski definition) is 6. The third-order valence-electron chi connectivity index (χ3n) is 1.92. The molecule has 8 nitrogen and oxygen atoms in total. The summed E-state index contributed by atoms with van der Waals surface area (Å²) < 4.78 is 0.411. The number of benzene rings is 1. The molecule has 16 heavy (non-hydrogen) atoms. The molecule has 0 aliphatic heterocycles. The van der Waals surface area contributed by atoms with Crippen LogP contribution in [0.1, 0.15) is 0 Å². The lowest BCUT2D eigenvalue weighted by molar-refractivity contribution is -0.540. The number of thiazole rings is 1. The van der Waals surface area contributed by atoms with E-state index in [1.165, 1.54) is 12.1 Å². The molecule has 0 spiro atoms. The average Bonchev–Trinajstić information content (AvgIpc) is 2.52. The minimum atomic E-state index is -0.964. The van der Waals surface area contributed by atoms with Crippen LogP contribution in [-0.4, -0.2) is 14.6 Å². The molecule has 0 atom stereocenters. The number of nitro benzene ring substituents is 1. The lowest BCUT2D eigenvalue weighted by Gasteiger charge is -1.94. The molecule has 82 valence electrons. The second kappa shape index (κ2) is 3.38. The largest absolute Gasteiger partial charge is 0.368 e. The van der Waals surface area contributed by atoms with Crippen molar-refractivity contribution in [1.29, 1.82) is 0 Å². The van der Waals surface area contributed by atoms with E-state index in [4.69, 9.17) is 0 Å². The van der Waals surface area contributed by atoms with Gasteiger partial charge in [0.2, 0.25) is 5.52 Å². The molecule has 0 saturated heterocycles. The Bertz CT molecular complexity index is 658. The highest BCUT2D eigenvalue weighted by Gasteiger charge is 2.24. The SMILES string of the molecule is O=c1sc2cccc([N+](=O)[O-])c2n1[N+](=O)[O-]. The molecular weight excluding hydrogens is 238 g/mol. The van der Waals surface area contributed by atoms with Crippen LogP contribution < -0.4 is 4.87 Å². The van der Waals surface area contributed by atoms with Crippen LogP contribution in [0.2, 0.25) is 0 Å². The van der Waals surface area contributed by atoms with E-state index in [-0.39, 0.29) is 14.9 Å². The van der Waals surface area contributed by atoms with Gasteiger partial charge in [-0.25, -0.2) is 10.1 Å². The van der Waals surface area contributed by atoms with Gasteiger partial charge < -0.3 is 0 Å². The number of non-ortho nitro benzene ring substituents is 1. The molecule has 0 aliphatic rings. The maximum Gasteiger partial charge on any atom is 0.368 e. The van der Waals surface area contributed by atoms with Crippen molar-refractivity contribution in [3.8, 4) is 0 Å². The van der Waals surface area contributed by atoms with Gasteiger partial charge in [-0.3, -0.25) is 14.9 Å². The van der Waals surface area contributed by atoms with Crippen molar-refractivity contribution in [2.24, 2.45) is 0 Å². The predicted octanol–water partition coefficient (Wildman–Crippen LogP) is 1.01. The van der Waals surface area contributed by atoms with Crippen LogP contribution in [0.5, 0.6) is 0 Å². The van der Waals surface area contributed by atoms with E-state index in [1.54, 1.807) is 0 Å². The fourth-order valence-electron chi connectivity index (χ4n) is 1.33. The van der Waals surface area contributed by atoms with Crippen molar-refractivity contribution in [2.45, 2.75) is 0 Å². The van der Waals surface area contributed by atoms with Gasteiger partial charge in [0.05, 0.1) is 9.62 Å². The lowest BCUT2D eigenvalue weighted by Crippen LogP contribution is -2.20. The minimum absolute atomic E-state index is 0.193. The summed E-state index contributed by atoms with van der Waals surface area (Å²) in [6, 6.07) is 3.92. The topological polar surface area (TPSA) is 108 Å². The zero-order valence-corrected chi connectivity index (χ0v) is 8.34. The summed E-state index contributed by atoms with van der Waals surface area (Å²) in [7, 11) is 0. The molecule has 0 bridgehead atoms. The number of nitro groups is 2. The van der Waals surface area contributed by atoms with Crippen LogP contribution in [0.3, 0.4) is 0 Å². The Morgan fingerprint density at radius 3 is 2.50 bits per heavy atom. The number of hydrogen-bond donors (Lipinski definition) is 0. The molecular formula is C7H3N3O5S. The van der Waals surface area contributed by atoms with Crippen molar-refractivity contribution in [3.63, 3.8) is 0 Å². The molecule has 0 radical (unpaired) electrons. The quantitative estimate of drug-likeness (QED) is 0.575. The Kier molecular flexibility index (Phi) is 2.16. The van der Waals surface area contributed by atoms with Crippen molar-refractivity contribution in [2.75, 3.05) is 0 Å². The Hall–Kier alpha value is -2.29. The lowest BCUT2D eigenvalue weighted by atomic mass is 10.3. The molecule has 1 aromatic heterocycles. The highest BCUT2D eigenvalue weighted by Crippen LogP contribution is 2.26. The highest BCUT2D eigenvalue weighted by molar-refractivity contribution is 7.16. The first-order chi connectivity index (χ1) is 7.52. The molecule has 0 saturated carbocycles. The zero-order chi connectivity index (χ0) is 11.9. The third kappa shape index (κ3) is 1.34. The van der Waals surface area contributed by atoms with Gasteiger partial charge >= 0.3 is 10.6 Å². The summed E-state index contributed by atoms with van der Waals surface area (Å²) in [6.45, 7) is 0. The molecule has 0 fully saturated rings. The van der Waals surface area contributed by atoms with E-state index >= 15 is 0 Å². The maximum absolute atomic E-state index is 11.3. The maximum atomic E-state index is 11.3. The molecule has 0 amide bonds. The van der Waals surface area contributed by atoms with E-state index < -0.39 is 20.5 Å². The summed E-state index contributed by atoms with van der Waals surface area (Å²) in [5.41, 5.74) is -0.722. The first-order valence-corrected chi connectivity index (χ1v) is 4.77. The number of rotatable bonds is 2. The van der Waals surface area contributed by atoms with Gasteiger partial charge in [0.1, 0.15) is 0 Å². The number of nitrogens with zero attached hydrogens (tertiary/aromatic N) is 3. The first kappa shape index (κ1) is 10.2. The summed E-state index contributed by atoms with van der Waals surface area (Å²) in [4.78, 5) is 31.0. The molecule has 0 unspecified atom stereocenters. The second-order valence-electron chi connectivity index (χ2n) is 2.80. The van der Waals surface area contributed by atoms with E-state index in [2.05, 4.69) is 0 Å². The standard InChI is InChI=1S/C7H3N3O5S/c11-7-8(10(14)15)6-4(9(12)13)2-1-3-5(6)16-7/h1-3H. The number of para-hydroxylation sites is 1. The summed E-state index contributed by atoms with van der Waals surface area (Å²) in [6.07, 6.45) is 0. The normalized spacial score (nSPS) is 10.5. The van der Waals surface area contributed by atoms with E-state index in [1.807, 2.05) is 0 Å². The molecule has 0 aliphatic carbocycles. The molecule has 1 heterocycles. The van der Waals surface area contributed by atoms with E-state index in [9.17, 15) is 25.0 Å². The van der Waals surface area contributed by atoms with Gasteiger partial charge in [0, 0.05) is 6.07 Å². The van der Waals surface area contributed by atoms with Crippen LogP contribution in [0.4, 0.5) is 5.69 Å². The third-order valence-corrected chi connectivity index (χ3v) is 2.82. The monoisotopic (exact) mass is 241 g/mol. The summed E-state index contributed by atoms with van der Waals surface area (Å²) >= 11 is 0.600. The van der Waals surface area contributed by atoms with Crippen LogP contribution in [0.25, 0.3) is 10.2 Å². The van der Waals surface area contributed by atoms with Gasteiger partial charge in [-0.05, 0) is 10.7 Å². The Morgan fingerprint density at radius 2 is 1.94 bits per heavy atom. The summed E-state index contributed by atoms with van der Waals surface area (Å²) in [5, 5.41) is 20.3. The van der Waals surface area contributed by atoms with Crippen LogP contribution in [0.15, 0.2) is 23.0 Å². The van der Waals surface area contributed by atoms with Crippen molar-refractivity contribution in [3.05, 3.63) is 48.1 Å². The first-order valence-electron chi connectivity index (χ1n) is 3.96. The van der Waals surface area contributed by atoms with Crippen molar-refractivity contribution < 1.29 is 9.96 Å². The van der Waals surface area contributed by atoms with E-state index in [0.29, 0.717) is 11.3 Å². The second-order valence-corrected chi connectivity index (χ2v) is 3.79. The molecule has 9 heteroatoms. The minimum Gasteiger partial charge on any atom is -0.258 e. The van der Waals surface area contributed by atoms with Gasteiger partial charge in [-0.2, -0.15) is 0 Å². The Morgan fingerprint density at radius 1 is 1.25 bits per heavy atom. The van der Waals surface area contributed by atoms with Crippen LogP contribution in [-0.2, 0) is 0 Å². The Labute approximate surface area is 90.6 Å². The van der Waals surface area contributed by atoms with Gasteiger partial charge in [0.15, 0.2) is 5.03 Å². The summed E-state index contributed by atoms with van der Waals surface area (Å²) in [5.74, 6) is 0. The fourth-order valence-corrected chi connectivity index (χ4v) is 2.20. The van der Waals surface area contributed by atoms with E-state index in [0.717, 1.165) is 6.07 Å². The molecule has 1 aromatic carbocycles. The predicted molar refractivity (Wildman–Crippen MR) is 55.1 cm³/mol. The molecule has 2 aromatic rings. The zero-order valence-electron chi connectivity index (χ0n) is 7.52. The smallest absolute Gasteiger partial charge is 0.258 e. The van der Waals surface area contributed by atoms with Crippen LogP contribution >= 0.6 is 11.3 Å². The van der Waals surface area contributed by atoms with Crippen molar-refractivity contribution in [1.82, 2.24) is 4.68 Å². The van der Waals surface area contributed by atoms with Gasteiger partial charge in [-0.15, -0.1) is 0 Å². The van der Waals surface area contributed by atoms with Gasteiger partial charge in [0.25, 0.3) is 0 Å².